The monoisotopic (exact) mass is 371 g/mol. The average Bonchev–Trinajstić information content (AvgIpc) is 3.34. The summed E-state index contributed by atoms with van der Waals surface area (Å²) in [5, 5.41) is 8.58. The molecule has 0 atom stereocenters. The molecule has 0 fully saturated rings. The van der Waals surface area contributed by atoms with E-state index < -0.39 is 0 Å². The van der Waals surface area contributed by atoms with Crippen molar-refractivity contribution in [3.63, 3.8) is 0 Å². The molecule has 7 heteroatoms. The van der Waals surface area contributed by atoms with E-state index in [2.05, 4.69) is 15.1 Å². The molecule has 4 aromatic heterocycles. The van der Waals surface area contributed by atoms with E-state index in [1.807, 2.05) is 34.9 Å². The number of aryl methyl sites for hydroxylation is 2. The lowest BCUT2D eigenvalue weighted by molar-refractivity contribution is 0.427. The molecule has 4 aromatic rings. The topological polar surface area (TPSA) is 51.8 Å². The lowest BCUT2D eigenvalue weighted by Gasteiger charge is -2.02. The van der Waals surface area contributed by atoms with Crippen LogP contribution in [0.1, 0.15) is 22.6 Å². The minimum absolute atomic E-state index is 0.756. The Labute approximate surface area is 150 Å². The zero-order valence-electron chi connectivity index (χ0n) is 12.7. The molecule has 1 aliphatic carbocycles. The van der Waals surface area contributed by atoms with Crippen LogP contribution < -0.4 is 0 Å². The van der Waals surface area contributed by atoms with Crippen molar-refractivity contribution in [1.29, 1.82) is 0 Å². The highest BCUT2D eigenvalue weighted by Gasteiger charge is 2.21. The van der Waals surface area contributed by atoms with Crippen molar-refractivity contribution < 1.29 is 4.52 Å². The number of hydrogen-bond acceptors (Lipinski definition) is 7. The van der Waals surface area contributed by atoms with Gasteiger partial charge in [-0.1, -0.05) is 23.0 Å². The second kappa shape index (κ2) is 5.98. The summed E-state index contributed by atoms with van der Waals surface area (Å²) in [5.41, 5.74) is 2.42. The number of nitrogens with zero attached hydrogens (tertiary/aromatic N) is 3. The Morgan fingerprint density at radius 2 is 2.25 bits per heavy atom. The number of thiophene rings is 2. The molecule has 0 saturated heterocycles. The van der Waals surface area contributed by atoms with Gasteiger partial charge in [0.1, 0.15) is 16.2 Å². The Balaban J connectivity index is 1.42. The van der Waals surface area contributed by atoms with Crippen LogP contribution in [0.5, 0.6) is 0 Å². The second-order valence-electron chi connectivity index (χ2n) is 5.66. The van der Waals surface area contributed by atoms with Crippen LogP contribution in [0.2, 0.25) is 0 Å². The first kappa shape index (κ1) is 14.6. The Morgan fingerprint density at radius 3 is 3.17 bits per heavy atom. The van der Waals surface area contributed by atoms with E-state index in [9.17, 15) is 0 Å². The molecule has 0 aromatic carbocycles. The Kier molecular flexibility index (Phi) is 3.65. The van der Waals surface area contributed by atoms with Crippen LogP contribution in [-0.2, 0) is 18.6 Å². The van der Waals surface area contributed by atoms with Gasteiger partial charge in [-0.2, -0.15) is 0 Å². The number of aromatic nitrogens is 3. The van der Waals surface area contributed by atoms with Crippen LogP contribution in [0.15, 0.2) is 39.5 Å². The summed E-state index contributed by atoms with van der Waals surface area (Å²) < 4.78 is 5.46. The van der Waals surface area contributed by atoms with Gasteiger partial charge in [-0.15, -0.1) is 22.7 Å². The van der Waals surface area contributed by atoms with Crippen LogP contribution in [0.25, 0.3) is 20.9 Å². The quantitative estimate of drug-likeness (QED) is 0.365. The molecule has 5 rings (SSSR count). The third-order valence-corrected chi connectivity index (χ3v) is 7.25. The van der Waals surface area contributed by atoms with Crippen LogP contribution >= 0.6 is 34.4 Å². The van der Waals surface area contributed by atoms with Gasteiger partial charge in [0.15, 0.2) is 5.76 Å². The molecular weight excluding hydrogens is 358 g/mol. The highest BCUT2D eigenvalue weighted by Crippen LogP contribution is 2.40. The molecule has 4 nitrogen and oxygen atoms in total. The van der Waals surface area contributed by atoms with Crippen LogP contribution in [0, 0.1) is 0 Å². The number of fused-ring (bicyclic) bond motifs is 3. The van der Waals surface area contributed by atoms with E-state index in [0.717, 1.165) is 38.4 Å². The van der Waals surface area contributed by atoms with Crippen LogP contribution in [0.3, 0.4) is 0 Å². The van der Waals surface area contributed by atoms with E-state index in [0.29, 0.717) is 0 Å². The molecule has 0 spiro atoms. The molecular formula is C17H13N3OS3. The first-order valence-electron chi connectivity index (χ1n) is 7.76. The smallest absolute Gasteiger partial charge is 0.177 e. The van der Waals surface area contributed by atoms with Gasteiger partial charge in [0.05, 0.1) is 10.6 Å². The lowest BCUT2D eigenvalue weighted by atomic mass is 10.2. The van der Waals surface area contributed by atoms with Crippen molar-refractivity contribution in [3.8, 4) is 10.6 Å². The third-order valence-electron chi connectivity index (χ3n) is 4.15. The summed E-state index contributed by atoms with van der Waals surface area (Å²) in [7, 11) is 0. The number of thioether (sulfide) groups is 1. The SMILES string of the molecule is c1csc(-c2cc(CSc3ncnc4sc5c(c34)CCC5)no2)c1. The average molecular weight is 372 g/mol. The molecule has 0 amide bonds. The van der Waals surface area contributed by atoms with Gasteiger partial charge < -0.3 is 4.52 Å². The van der Waals surface area contributed by atoms with Gasteiger partial charge in [0.2, 0.25) is 0 Å². The van der Waals surface area contributed by atoms with E-state index in [1.54, 1.807) is 29.4 Å². The van der Waals surface area contributed by atoms with Gasteiger partial charge in [0.25, 0.3) is 0 Å². The Bertz CT molecular complexity index is 1000. The van der Waals surface area contributed by atoms with Crippen molar-refractivity contribution in [1.82, 2.24) is 15.1 Å². The maximum absolute atomic E-state index is 5.46. The molecule has 0 aliphatic heterocycles. The van der Waals surface area contributed by atoms with E-state index in [1.165, 1.54) is 28.7 Å². The molecule has 1 aliphatic rings. The van der Waals surface area contributed by atoms with Gasteiger partial charge in [0, 0.05) is 22.1 Å². The first-order valence-corrected chi connectivity index (χ1v) is 10.4. The molecule has 0 radical (unpaired) electrons. The zero-order chi connectivity index (χ0) is 15.9. The van der Waals surface area contributed by atoms with Crippen molar-refractivity contribution in [2.24, 2.45) is 0 Å². The van der Waals surface area contributed by atoms with E-state index in [4.69, 9.17) is 4.52 Å². The summed E-state index contributed by atoms with van der Waals surface area (Å²) in [6.07, 6.45) is 5.27. The molecule has 0 N–H and O–H groups in total. The van der Waals surface area contributed by atoms with Crippen molar-refractivity contribution in [2.75, 3.05) is 0 Å². The fraction of sp³-hybridized carbons (Fsp3) is 0.235. The van der Waals surface area contributed by atoms with Crippen molar-refractivity contribution >= 4 is 44.7 Å². The molecule has 120 valence electrons. The normalized spacial score (nSPS) is 13.7. The third kappa shape index (κ3) is 2.47. The molecule has 4 heterocycles. The van der Waals surface area contributed by atoms with E-state index >= 15 is 0 Å². The summed E-state index contributed by atoms with van der Waals surface area (Å²) in [6.45, 7) is 0. The van der Waals surface area contributed by atoms with Crippen LogP contribution in [-0.4, -0.2) is 15.1 Å². The van der Waals surface area contributed by atoms with Crippen molar-refractivity contribution in [3.05, 3.63) is 46.0 Å². The van der Waals surface area contributed by atoms with Gasteiger partial charge >= 0.3 is 0 Å². The molecule has 0 unspecified atom stereocenters. The number of rotatable bonds is 4. The Morgan fingerprint density at radius 1 is 1.25 bits per heavy atom. The molecule has 24 heavy (non-hydrogen) atoms. The summed E-state index contributed by atoms with van der Waals surface area (Å²) in [6, 6.07) is 6.09. The van der Waals surface area contributed by atoms with Crippen LogP contribution in [0.4, 0.5) is 0 Å². The maximum Gasteiger partial charge on any atom is 0.177 e. The predicted octanol–water partition coefficient (Wildman–Crippen LogP) is 5.19. The van der Waals surface area contributed by atoms with Gasteiger partial charge in [-0.25, -0.2) is 9.97 Å². The zero-order valence-corrected chi connectivity index (χ0v) is 15.1. The highest BCUT2D eigenvalue weighted by molar-refractivity contribution is 7.98. The maximum atomic E-state index is 5.46. The van der Waals surface area contributed by atoms with Gasteiger partial charge in [-0.05, 0) is 36.3 Å². The van der Waals surface area contributed by atoms with Gasteiger partial charge in [-0.3, -0.25) is 0 Å². The standard InChI is InChI=1S/C17H13N3OS3/c1-3-11-13(4-1)24-17-15(11)16(18-9-19-17)23-8-10-7-12(21-20-10)14-5-2-6-22-14/h2,5-7,9H,1,3-4,8H2. The molecule has 0 saturated carbocycles. The Hall–Kier alpha value is -1.70. The second-order valence-corrected chi connectivity index (χ2v) is 8.66. The minimum atomic E-state index is 0.756. The van der Waals surface area contributed by atoms with E-state index in [-0.39, 0.29) is 0 Å². The fourth-order valence-electron chi connectivity index (χ4n) is 3.07. The largest absolute Gasteiger partial charge is 0.355 e. The number of hydrogen-bond donors (Lipinski definition) is 0. The van der Waals surface area contributed by atoms with Crippen molar-refractivity contribution in [2.45, 2.75) is 30.0 Å². The highest BCUT2D eigenvalue weighted by atomic mass is 32.2. The first-order chi connectivity index (χ1) is 11.9. The summed E-state index contributed by atoms with van der Waals surface area (Å²) >= 11 is 5.21. The lowest BCUT2D eigenvalue weighted by Crippen LogP contribution is -1.88. The fourth-order valence-corrected chi connectivity index (χ4v) is 5.94. The summed E-state index contributed by atoms with van der Waals surface area (Å²) in [4.78, 5) is 12.7. The summed E-state index contributed by atoms with van der Waals surface area (Å²) in [5.74, 6) is 1.59. The molecule has 0 bridgehead atoms. The minimum Gasteiger partial charge on any atom is -0.355 e. The predicted molar refractivity (Wildman–Crippen MR) is 98.8 cm³/mol.